The highest BCUT2D eigenvalue weighted by atomic mass is 16.3. The second-order valence-electron chi connectivity index (χ2n) is 5.35. The maximum atomic E-state index is 12.1. The van der Waals surface area contributed by atoms with E-state index in [1.165, 1.54) is 6.92 Å². The highest BCUT2D eigenvalue weighted by molar-refractivity contribution is 5.81. The van der Waals surface area contributed by atoms with Crippen molar-refractivity contribution in [1.29, 1.82) is 0 Å². The fraction of sp³-hybridized carbons (Fsp3) is 0.846. The van der Waals surface area contributed by atoms with E-state index in [1.807, 2.05) is 13.8 Å². The number of hydrogen-bond donors (Lipinski definition) is 2. The molecule has 0 aromatic rings. The Hall–Kier alpha value is -1.10. The van der Waals surface area contributed by atoms with Crippen LogP contribution in [0.3, 0.4) is 0 Å². The molecule has 1 heterocycles. The number of carbonyl (C=O) groups is 2. The normalized spacial score (nSPS) is 21.8. The SMILES string of the molecule is CC(=O)N1CCCC(C(=O)N[C@H](CO)C(C)C)C1. The lowest BCUT2D eigenvalue weighted by Crippen LogP contribution is -2.49. The number of piperidine rings is 1. The smallest absolute Gasteiger partial charge is 0.225 e. The van der Waals surface area contributed by atoms with Gasteiger partial charge in [-0.1, -0.05) is 13.8 Å². The van der Waals surface area contributed by atoms with Crippen molar-refractivity contribution in [2.75, 3.05) is 19.7 Å². The molecule has 2 N–H and O–H groups in total. The number of carbonyl (C=O) groups excluding carboxylic acids is 2. The first-order valence-corrected chi connectivity index (χ1v) is 6.62. The van der Waals surface area contributed by atoms with E-state index in [0.29, 0.717) is 6.54 Å². The number of hydrogen-bond acceptors (Lipinski definition) is 3. The molecule has 2 atom stereocenters. The van der Waals surface area contributed by atoms with Crippen molar-refractivity contribution in [2.24, 2.45) is 11.8 Å². The minimum absolute atomic E-state index is 0.0232. The van der Waals surface area contributed by atoms with Crippen LogP contribution in [-0.2, 0) is 9.59 Å². The van der Waals surface area contributed by atoms with Crippen molar-refractivity contribution in [3.8, 4) is 0 Å². The molecule has 0 bridgehead atoms. The summed E-state index contributed by atoms with van der Waals surface area (Å²) < 4.78 is 0. The third-order valence-corrected chi connectivity index (χ3v) is 3.57. The van der Waals surface area contributed by atoms with Crippen LogP contribution in [-0.4, -0.2) is 47.6 Å². The van der Waals surface area contributed by atoms with Gasteiger partial charge < -0.3 is 15.3 Å². The largest absolute Gasteiger partial charge is 0.394 e. The molecule has 5 heteroatoms. The molecule has 5 nitrogen and oxygen atoms in total. The standard InChI is InChI=1S/C13H24N2O3/c1-9(2)12(8-16)14-13(18)11-5-4-6-15(7-11)10(3)17/h9,11-12,16H,4-8H2,1-3H3,(H,14,18)/t11?,12-/m1/s1. The fourth-order valence-electron chi connectivity index (χ4n) is 2.20. The number of nitrogens with one attached hydrogen (secondary N) is 1. The van der Waals surface area contributed by atoms with Crippen LogP contribution in [0, 0.1) is 11.8 Å². The molecular formula is C13H24N2O3. The summed E-state index contributed by atoms with van der Waals surface area (Å²) in [6.45, 7) is 6.65. The van der Waals surface area contributed by atoms with Crippen molar-refractivity contribution in [1.82, 2.24) is 10.2 Å². The second-order valence-corrected chi connectivity index (χ2v) is 5.35. The minimum Gasteiger partial charge on any atom is -0.394 e. The molecule has 0 aromatic carbocycles. The lowest BCUT2D eigenvalue weighted by Gasteiger charge is -2.32. The number of aliphatic hydroxyl groups is 1. The van der Waals surface area contributed by atoms with Crippen LogP contribution in [0.25, 0.3) is 0 Å². The molecule has 0 aromatic heterocycles. The van der Waals surface area contributed by atoms with Gasteiger partial charge in [-0.2, -0.15) is 0 Å². The van der Waals surface area contributed by atoms with Crippen LogP contribution in [0.2, 0.25) is 0 Å². The molecule has 0 radical (unpaired) electrons. The van der Waals surface area contributed by atoms with Crippen LogP contribution in [0.1, 0.15) is 33.6 Å². The number of aliphatic hydroxyl groups excluding tert-OH is 1. The maximum Gasteiger partial charge on any atom is 0.225 e. The molecule has 2 amide bonds. The van der Waals surface area contributed by atoms with Gasteiger partial charge in [0.15, 0.2) is 0 Å². The molecule has 1 fully saturated rings. The van der Waals surface area contributed by atoms with E-state index in [9.17, 15) is 14.7 Å². The number of likely N-dealkylation sites (tertiary alicyclic amines) is 1. The molecular weight excluding hydrogens is 232 g/mol. The Kier molecular flexibility index (Phi) is 5.59. The van der Waals surface area contributed by atoms with Gasteiger partial charge in [-0.3, -0.25) is 9.59 Å². The van der Waals surface area contributed by atoms with E-state index >= 15 is 0 Å². The topological polar surface area (TPSA) is 69.6 Å². The Bertz CT molecular complexity index is 305. The van der Waals surface area contributed by atoms with Crippen molar-refractivity contribution < 1.29 is 14.7 Å². The molecule has 0 saturated carbocycles. The zero-order valence-corrected chi connectivity index (χ0v) is 11.5. The van der Waals surface area contributed by atoms with Gasteiger partial charge in [0, 0.05) is 20.0 Å². The van der Waals surface area contributed by atoms with Crippen LogP contribution in [0.4, 0.5) is 0 Å². The quantitative estimate of drug-likeness (QED) is 0.764. The van der Waals surface area contributed by atoms with Gasteiger partial charge in [-0.25, -0.2) is 0 Å². The minimum atomic E-state index is -0.204. The summed E-state index contributed by atoms with van der Waals surface area (Å²) in [4.78, 5) is 25.1. The van der Waals surface area contributed by atoms with Crippen LogP contribution in [0.15, 0.2) is 0 Å². The Balaban J connectivity index is 2.53. The summed E-state index contributed by atoms with van der Waals surface area (Å²) in [5.74, 6) is 0.0330. The molecule has 1 aliphatic heterocycles. The van der Waals surface area contributed by atoms with Crippen LogP contribution >= 0.6 is 0 Å². The van der Waals surface area contributed by atoms with Crippen molar-refractivity contribution in [3.63, 3.8) is 0 Å². The number of rotatable bonds is 4. The zero-order chi connectivity index (χ0) is 13.7. The molecule has 1 saturated heterocycles. The first-order valence-electron chi connectivity index (χ1n) is 6.62. The lowest BCUT2D eigenvalue weighted by atomic mass is 9.95. The predicted molar refractivity (Wildman–Crippen MR) is 68.8 cm³/mol. The van der Waals surface area contributed by atoms with E-state index < -0.39 is 0 Å². The molecule has 18 heavy (non-hydrogen) atoms. The number of nitrogens with zero attached hydrogens (tertiary/aromatic N) is 1. The summed E-state index contributed by atoms with van der Waals surface area (Å²) in [5.41, 5.74) is 0. The van der Waals surface area contributed by atoms with Crippen molar-refractivity contribution in [3.05, 3.63) is 0 Å². The summed E-state index contributed by atoms with van der Waals surface area (Å²) in [6.07, 6.45) is 1.68. The maximum absolute atomic E-state index is 12.1. The van der Waals surface area contributed by atoms with Gasteiger partial charge >= 0.3 is 0 Å². The molecule has 104 valence electrons. The lowest BCUT2D eigenvalue weighted by molar-refractivity contribution is -0.134. The van der Waals surface area contributed by atoms with Crippen molar-refractivity contribution in [2.45, 2.75) is 39.7 Å². The predicted octanol–water partition coefficient (Wildman–Crippen LogP) is 0.378. The van der Waals surface area contributed by atoms with Gasteiger partial charge in [0.25, 0.3) is 0 Å². The molecule has 1 rings (SSSR count). The van der Waals surface area contributed by atoms with E-state index in [1.54, 1.807) is 4.90 Å². The highest BCUT2D eigenvalue weighted by Gasteiger charge is 2.28. The molecule has 0 spiro atoms. The van der Waals surface area contributed by atoms with Gasteiger partial charge in [0.1, 0.15) is 0 Å². The Morgan fingerprint density at radius 1 is 1.44 bits per heavy atom. The van der Waals surface area contributed by atoms with Crippen LogP contribution < -0.4 is 5.32 Å². The van der Waals surface area contributed by atoms with E-state index in [-0.39, 0.29) is 36.3 Å². The summed E-state index contributed by atoms with van der Waals surface area (Å²) in [5, 5.41) is 12.1. The highest BCUT2D eigenvalue weighted by Crippen LogP contribution is 2.17. The average Bonchev–Trinajstić information content (AvgIpc) is 2.35. The first kappa shape index (κ1) is 15.0. The zero-order valence-electron chi connectivity index (χ0n) is 11.5. The molecule has 1 aliphatic rings. The Morgan fingerprint density at radius 3 is 2.61 bits per heavy atom. The summed E-state index contributed by atoms with van der Waals surface area (Å²) in [6, 6.07) is -0.204. The van der Waals surface area contributed by atoms with Crippen LogP contribution in [0.5, 0.6) is 0 Å². The monoisotopic (exact) mass is 256 g/mol. The number of amides is 2. The first-order chi connectivity index (χ1) is 8.45. The second kappa shape index (κ2) is 6.73. The molecule has 0 aliphatic carbocycles. The van der Waals surface area contributed by atoms with Gasteiger partial charge in [-0.15, -0.1) is 0 Å². The van der Waals surface area contributed by atoms with E-state index in [2.05, 4.69) is 5.32 Å². The third kappa shape index (κ3) is 3.98. The third-order valence-electron chi connectivity index (χ3n) is 3.57. The summed E-state index contributed by atoms with van der Waals surface area (Å²) in [7, 11) is 0. The molecule has 1 unspecified atom stereocenters. The van der Waals surface area contributed by atoms with Gasteiger partial charge in [-0.05, 0) is 18.8 Å². The Labute approximate surface area is 109 Å². The average molecular weight is 256 g/mol. The van der Waals surface area contributed by atoms with Gasteiger partial charge in [0.2, 0.25) is 11.8 Å². The summed E-state index contributed by atoms with van der Waals surface area (Å²) >= 11 is 0. The van der Waals surface area contributed by atoms with E-state index in [4.69, 9.17) is 0 Å². The van der Waals surface area contributed by atoms with Crippen molar-refractivity contribution >= 4 is 11.8 Å². The fourth-order valence-corrected chi connectivity index (χ4v) is 2.20. The van der Waals surface area contributed by atoms with E-state index in [0.717, 1.165) is 19.4 Å². The van der Waals surface area contributed by atoms with Gasteiger partial charge in [0.05, 0.1) is 18.6 Å². The Morgan fingerprint density at radius 2 is 2.11 bits per heavy atom.